The van der Waals surface area contributed by atoms with Crippen molar-refractivity contribution < 1.29 is 4.74 Å². The van der Waals surface area contributed by atoms with Crippen molar-refractivity contribution in [1.29, 1.82) is 0 Å². The van der Waals surface area contributed by atoms with Gasteiger partial charge in [-0.05, 0) is 0 Å². The number of rotatable bonds is 15. The summed E-state index contributed by atoms with van der Waals surface area (Å²) in [4.78, 5) is 4.81. The van der Waals surface area contributed by atoms with Gasteiger partial charge in [-0.3, -0.25) is 0 Å². The summed E-state index contributed by atoms with van der Waals surface area (Å²) >= 11 is -2.55. The molecule has 2 heterocycles. The molecule has 0 unspecified atom stereocenters. The predicted molar refractivity (Wildman–Crippen MR) is 138 cm³/mol. The fourth-order valence-electron chi connectivity index (χ4n) is 4.50. The Bertz CT molecular complexity index is 731. The molecular weight excluding hydrogens is 491 g/mol. The monoisotopic (exact) mass is 538 g/mol. The number of ether oxygens (including phenoxy) is 1. The van der Waals surface area contributed by atoms with Crippen LogP contribution in [0.3, 0.4) is 0 Å². The molecule has 0 aromatic carbocycles. The third kappa shape index (κ3) is 7.37. The van der Waals surface area contributed by atoms with Crippen molar-refractivity contribution in [3.05, 3.63) is 24.4 Å². The maximum atomic E-state index is 6.30. The molecule has 2 rings (SSSR count). The van der Waals surface area contributed by atoms with Gasteiger partial charge in [-0.15, -0.1) is 0 Å². The molecular formula is C25H46N2OSiSn. The SMILES string of the molecule is CCC[CH2][Sn]([CH2]CCC)([CH2]CCC)[c]1cc2cccnc2n1COCC[Si](C)(C)C. The van der Waals surface area contributed by atoms with E-state index in [1.165, 1.54) is 63.3 Å². The van der Waals surface area contributed by atoms with Crippen LogP contribution in [0, 0.1) is 0 Å². The van der Waals surface area contributed by atoms with Gasteiger partial charge in [0.1, 0.15) is 0 Å². The quantitative estimate of drug-likeness (QED) is 0.175. The van der Waals surface area contributed by atoms with Crippen LogP contribution in [0.4, 0.5) is 0 Å². The first kappa shape index (κ1) is 25.9. The molecule has 0 saturated carbocycles. The molecule has 0 aliphatic heterocycles. The Labute approximate surface area is 190 Å². The zero-order chi connectivity index (χ0) is 22.0. The molecule has 30 heavy (non-hydrogen) atoms. The summed E-state index contributed by atoms with van der Waals surface area (Å²) in [6.45, 7) is 15.9. The van der Waals surface area contributed by atoms with E-state index in [2.05, 4.69) is 63.2 Å². The molecule has 0 aliphatic carbocycles. The number of pyridine rings is 1. The van der Waals surface area contributed by atoms with Gasteiger partial charge in [0.05, 0.1) is 0 Å². The molecule has 0 N–H and O–H groups in total. The summed E-state index contributed by atoms with van der Waals surface area (Å²) in [5, 5.41) is 1.31. The van der Waals surface area contributed by atoms with Gasteiger partial charge < -0.3 is 0 Å². The van der Waals surface area contributed by atoms with Gasteiger partial charge in [0.2, 0.25) is 0 Å². The van der Waals surface area contributed by atoms with Gasteiger partial charge in [0, 0.05) is 0 Å². The second kappa shape index (κ2) is 12.6. The number of aromatic nitrogens is 2. The van der Waals surface area contributed by atoms with E-state index in [4.69, 9.17) is 9.72 Å². The van der Waals surface area contributed by atoms with Crippen molar-refractivity contribution in [2.75, 3.05) is 6.61 Å². The van der Waals surface area contributed by atoms with Crippen LogP contribution in [0.5, 0.6) is 0 Å². The van der Waals surface area contributed by atoms with E-state index in [-0.39, 0.29) is 0 Å². The Morgan fingerprint density at radius 3 is 2.10 bits per heavy atom. The zero-order valence-electron chi connectivity index (χ0n) is 20.6. The Hall–Kier alpha value is -0.334. The molecule has 2 aromatic heterocycles. The van der Waals surface area contributed by atoms with Crippen LogP contribution in [0.15, 0.2) is 24.4 Å². The second-order valence-electron chi connectivity index (χ2n) is 10.3. The normalized spacial score (nSPS) is 12.7. The van der Waals surface area contributed by atoms with Crippen molar-refractivity contribution in [1.82, 2.24) is 9.55 Å². The van der Waals surface area contributed by atoms with Gasteiger partial charge in [0.25, 0.3) is 0 Å². The van der Waals surface area contributed by atoms with Gasteiger partial charge >= 0.3 is 192 Å². The summed E-state index contributed by atoms with van der Waals surface area (Å²) < 4.78 is 14.9. The van der Waals surface area contributed by atoms with Crippen molar-refractivity contribution in [3.63, 3.8) is 0 Å². The zero-order valence-corrected chi connectivity index (χ0v) is 24.5. The second-order valence-corrected chi connectivity index (χ2v) is 29.0. The van der Waals surface area contributed by atoms with Crippen LogP contribution < -0.4 is 3.71 Å². The molecule has 5 heteroatoms. The van der Waals surface area contributed by atoms with Crippen LogP contribution in [0.2, 0.25) is 39.0 Å². The minimum atomic E-state index is -2.55. The van der Waals surface area contributed by atoms with Crippen LogP contribution >= 0.6 is 0 Å². The molecule has 3 nitrogen and oxygen atoms in total. The number of hydrogen-bond acceptors (Lipinski definition) is 2. The van der Waals surface area contributed by atoms with Crippen molar-refractivity contribution >= 4 is 41.2 Å². The molecule has 0 spiro atoms. The van der Waals surface area contributed by atoms with Crippen molar-refractivity contribution in [2.45, 2.75) is 105 Å². The molecule has 0 saturated heterocycles. The third-order valence-electron chi connectivity index (χ3n) is 6.44. The van der Waals surface area contributed by atoms with E-state index < -0.39 is 26.5 Å². The van der Waals surface area contributed by atoms with E-state index in [1.54, 1.807) is 3.71 Å². The molecule has 0 radical (unpaired) electrons. The van der Waals surface area contributed by atoms with E-state index >= 15 is 0 Å². The topological polar surface area (TPSA) is 27.1 Å². The summed E-state index contributed by atoms with van der Waals surface area (Å²) in [6.07, 6.45) is 10.0. The average Bonchev–Trinajstić information content (AvgIpc) is 3.09. The van der Waals surface area contributed by atoms with Crippen molar-refractivity contribution in [3.8, 4) is 0 Å². The molecule has 170 valence electrons. The minimum absolute atomic E-state index is 0.684. The predicted octanol–water partition coefficient (Wildman–Crippen LogP) is 7.40. The molecule has 0 atom stereocenters. The van der Waals surface area contributed by atoms with Crippen LogP contribution in [0.1, 0.15) is 59.3 Å². The Morgan fingerprint density at radius 2 is 1.57 bits per heavy atom. The molecule has 0 fully saturated rings. The standard InChI is InChI=1S/C13H19N2OSi.3C4H9.Sn/c1-17(2,3)10-9-16-11-15-8-6-12-5-4-7-14-13(12)15;3*1-3-4-2;/h4-7H,9-11H2,1-3H3;3*1,3-4H2,2H3;. The first-order valence-electron chi connectivity index (χ1n) is 12.4. The number of nitrogens with zero attached hydrogens (tertiary/aromatic N) is 2. The third-order valence-corrected chi connectivity index (χ3v) is 23.7. The summed E-state index contributed by atoms with van der Waals surface area (Å²) in [7, 11) is -1.07. The Kier molecular flexibility index (Phi) is 10.9. The van der Waals surface area contributed by atoms with Crippen LogP contribution in [-0.2, 0) is 11.5 Å². The molecule has 0 aliphatic rings. The molecule has 0 amide bonds. The maximum absolute atomic E-state index is 6.30. The van der Waals surface area contributed by atoms with Gasteiger partial charge in [-0.1, -0.05) is 0 Å². The van der Waals surface area contributed by atoms with Gasteiger partial charge in [0.15, 0.2) is 0 Å². The van der Waals surface area contributed by atoms with Crippen LogP contribution in [-0.4, -0.2) is 42.6 Å². The molecule has 2 aromatic rings. The summed E-state index contributed by atoms with van der Waals surface area (Å²) in [5.74, 6) is 0. The Morgan fingerprint density at radius 1 is 0.967 bits per heavy atom. The van der Waals surface area contributed by atoms with E-state index in [9.17, 15) is 0 Å². The van der Waals surface area contributed by atoms with E-state index in [0.29, 0.717) is 6.73 Å². The average molecular weight is 537 g/mol. The van der Waals surface area contributed by atoms with Crippen molar-refractivity contribution in [2.24, 2.45) is 0 Å². The fourth-order valence-corrected chi connectivity index (χ4v) is 21.8. The Balaban J connectivity index is 2.44. The first-order chi connectivity index (χ1) is 14.4. The van der Waals surface area contributed by atoms with E-state index in [1.807, 2.05) is 6.20 Å². The molecule has 0 bridgehead atoms. The van der Waals surface area contributed by atoms with Gasteiger partial charge in [-0.2, -0.15) is 0 Å². The summed E-state index contributed by atoms with van der Waals surface area (Å²) in [5.41, 5.74) is 1.14. The fraction of sp³-hybridized carbons (Fsp3) is 0.720. The van der Waals surface area contributed by atoms with E-state index in [0.717, 1.165) is 12.3 Å². The van der Waals surface area contributed by atoms with Gasteiger partial charge in [-0.25, -0.2) is 0 Å². The number of fused-ring (bicyclic) bond motifs is 1. The number of hydrogen-bond donors (Lipinski definition) is 0. The number of unbranched alkanes of at least 4 members (excludes halogenated alkanes) is 3. The summed E-state index contributed by atoms with van der Waals surface area (Å²) in [6, 6.07) is 8.09. The first-order valence-corrected chi connectivity index (χ1v) is 23.6. The van der Waals surface area contributed by atoms with Crippen LogP contribution in [0.25, 0.3) is 11.0 Å².